The van der Waals surface area contributed by atoms with Crippen LogP contribution in [0.25, 0.3) is 0 Å². The van der Waals surface area contributed by atoms with Crippen LogP contribution in [0.2, 0.25) is 0 Å². The van der Waals surface area contributed by atoms with Crippen molar-refractivity contribution in [2.75, 3.05) is 0 Å². The van der Waals surface area contributed by atoms with E-state index in [2.05, 4.69) is 31.0 Å². The second-order valence-electron chi connectivity index (χ2n) is 10.5. The predicted molar refractivity (Wildman–Crippen MR) is 159 cm³/mol. The smallest absolute Gasteiger partial charge is 0.349 e. The average molecular weight is 601 g/mol. The van der Waals surface area contributed by atoms with Gasteiger partial charge in [0, 0.05) is 17.7 Å². The zero-order chi connectivity index (χ0) is 32.0. The standard InChI is InChI=1S/C18H14O8.C15H18N2O/c19-15(20)13(25-17(23)11-7-3-1-4-8-11)14(16(21)22)26-18(24)12-9-5-2-6-10-12;1-3-11-10-6-9(2)8-15(11,16)12-4-5-14(18)17-13(12)7-10/h1-10,13-14H,(H,19,20)(H,21,22);3-6,10H,7-8,16H2,1-2H3,(H,17,18)/b;11-3-/t13-,14-;10-,15+/m00/s1. The third-order valence-corrected chi connectivity index (χ3v) is 7.42. The second kappa shape index (κ2) is 13.3. The molecule has 3 aromatic rings. The van der Waals surface area contributed by atoms with E-state index in [0.29, 0.717) is 5.92 Å². The number of hydrogen-bond donors (Lipinski definition) is 4. The number of esters is 2. The van der Waals surface area contributed by atoms with Gasteiger partial charge in [-0.25, -0.2) is 19.2 Å². The summed E-state index contributed by atoms with van der Waals surface area (Å²) >= 11 is 0. The van der Waals surface area contributed by atoms with Crippen molar-refractivity contribution in [1.29, 1.82) is 0 Å². The van der Waals surface area contributed by atoms with E-state index in [0.717, 1.165) is 24.1 Å². The van der Waals surface area contributed by atoms with Crippen molar-refractivity contribution in [1.82, 2.24) is 4.98 Å². The van der Waals surface area contributed by atoms with Gasteiger partial charge in [0.05, 0.1) is 16.7 Å². The van der Waals surface area contributed by atoms with E-state index in [1.807, 2.05) is 6.07 Å². The lowest BCUT2D eigenvalue weighted by atomic mass is 9.63. The van der Waals surface area contributed by atoms with Gasteiger partial charge >= 0.3 is 23.9 Å². The second-order valence-corrected chi connectivity index (χ2v) is 10.5. The first-order chi connectivity index (χ1) is 20.9. The molecule has 44 heavy (non-hydrogen) atoms. The predicted octanol–water partition coefficient (Wildman–Crippen LogP) is 3.60. The molecule has 11 nitrogen and oxygen atoms in total. The van der Waals surface area contributed by atoms with Crippen molar-refractivity contribution in [3.8, 4) is 0 Å². The molecular weight excluding hydrogens is 568 g/mol. The van der Waals surface area contributed by atoms with Gasteiger partial charge in [-0.2, -0.15) is 0 Å². The van der Waals surface area contributed by atoms with Crippen LogP contribution in [0.15, 0.2) is 101 Å². The zero-order valence-corrected chi connectivity index (χ0v) is 24.1. The van der Waals surface area contributed by atoms with Crippen LogP contribution in [0.1, 0.15) is 52.2 Å². The lowest BCUT2D eigenvalue weighted by Crippen LogP contribution is -2.48. The lowest BCUT2D eigenvalue weighted by Gasteiger charge is -2.45. The molecule has 4 atom stereocenters. The summed E-state index contributed by atoms with van der Waals surface area (Å²) in [4.78, 5) is 61.2. The molecule has 2 aromatic carbocycles. The molecule has 2 bridgehead atoms. The fourth-order valence-electron chi connectivity index (χ4n) is 5.57. The minimum atomic E-state index is -2.21. The Balaban J connectivity index is 0.000000213. The molecule has 5 N–H and O–H groups in total. The molecule has 1 heterocycles. The van der Waals surface area contributed by atoms with Crippen LogP contribution in [-0.2, 0) is 31.0 Å². The molecule has 5 rings (SSSR count). The van der Waals surface area contributed by atoms with Crippen LogP contribution in [0.5, 0.6) is 0 Å². The third-order valence-electron chi connectivity index (χ3n) is 7.42. The molecule has 0 unspecified atom stereocenters. The highest BCUT2D eigenvalue weighted by Crippen LogP contribution is 2.47. The van der Waals surface area contributed by atoms with Gasteiger partial charge in [-0.15, -0.1) is 0 Å². The minimum Gasteiger partial charge on any atom is -0.478 e. The number of ether oxygens (including phenoxy) is 2. The summed E-state index contributed by atoms with van der Waals surface area (Å²) in [6.07, 6.45) is 1.68. The van der Waals surface area contributed by atoms with Gasteiger partial charge in [0.15, 0.2) is 0 Å². The monoisotopic (exact) mass is 600 g/mol. The van der Waals surface area contributed by atoms with Crippen LogP contribution in [0.3, 0.4) is 0 Å². The number of hydrogen-bond acceptors (Lipinski definition) is 8. The zero-order valence-electron chi connectivity index (χ0n) is 24.1. The largest absolute Gasteiger partial charge is 0.478 e. The highest BCUT2D eigenvalue weighted by atomic mass is 16.6. The average Bonchev–Trinajstić information content (AvgIpc) is 2.99. The number of benzene rings is 2. The van der Waals surface area contributed by atoms with Gasteiger partial charge in [0.25, 0.3) is 0 Å². The van der Waals surface area contributed by atoms with Crippen LogP contribution >= 0.6 is 0 Å². The quantitative estimate of drug-likeness (QED) is 0.231. The molecular formula is C33H32N2O9. The van der Waals surface area contributed by atoms with Crippen LogP contribution in [0, 0.1) is 5.92 Å². The summed E-state index contributed by atoms with van der Waals surface area (Å²) in [5.41, 5.74) is 11.0. The Morgan fingerprint density at radius 3 is 1.84 bits per heavy atom. The molecule has 2 aliphatic carbocycles. The van der Waals surface area contributed by atoms with Crippen LogP contribution in [-0.4, -0.2) is 51.3 Å². The number of aromatic nitrogens is 1. The van der Waals surface area contributed by atoms with E-state index in [9.17, 15) is 34.2 Å². The highest BCUT2D eigenvalue weighted by Gasteiger charge is 2.44. The first kappa shape index (κ1) is 31.6. The Morgan fingerprint density at radius 1 is 0.886 bits per heavy atom. The molecule has 0 fully saturated rings. The Bertz CT molecular complexity index is 1610. The summed E-state index contributed by atoms with van der Waals surface area (Å²) in [5.74, 6) is -5.30. The third kappa shape index (κ3) is 6.84. The SMILES string of the molecule is C/C=C1/[C@H]2C=C(C)C[C@]1(N)c1ccc(=O)[nH]c1C2.O=C(O[C@H](C(=O)O)[C@H](OC(=O)c1ccccc1)C(=O)O)c1ccccc1. The van der Waals surface area contributed by atoms with Crippen molar-refractivity contribution >= 4 is 23.9 Å². The van der Waals surface area contributed by atoms with Crippen molar-refractivity contribution < 1.29 is 38.9 Å². The van der Waals surface area contributed by atoms with Gasteiger partial charge in [-0.05, 0) is 68.2 Å². The molecule has 228 valence electrons. The maximum atomic E-state index is 12.0. The van der Waals surface area contributed by atoms with Gasteiger partial charge in [0.2, 0.25) is 17.8 Å². The molecule has 11 heteroatoms. The molecule has 0 aliphatic heterocycles. The number of aromatic amines is 1. The molecule has 2 aliphatic rings. The summed E-state index contributed by atoms with van der Waals surface area (Å²) in [5, 5.41) is 18.5. The number of H-pyrrole nitrogens is 1. The van der Waals surface area contributed by atoms with Crippen LogP contribution in [0.4, 0.5) is 0 Å². The first-order valence-electron chi connectivity index (χ1n) is 13.8. The number of nitrogens with two attached hydrogens (primary N) is 1. The Labute approximate surface area is 252 Å². The van der Waals surface area contributed by atoms with E-state index >= 15 is 0 Å². The number of allylic oxidation sites excluding steroid dienone is 2. The maximum absolute atomic E-state index is 12.0. The number of carboxylic acid groups (broad SMARTS) is 2. The number of carboxylic acids is 2. The number of rotatable bonds is 7. The van der Waals surface area contributed by atoms with E-state index < -0.39 is 41.6 Å². The number of carbonyl (C=O) groups is 4. The Hall–Kier alpha value is -5.29. The molecule has 0 amide bonds. The summed E-state index contributed by atoms with van der Waals surface area (Å²) in [6.45, 7) is 4.19. The summed E-state index contributed by atoms with van der Waals surface area (Å²) in [6, 6.07) is 18.3. The first-order valence-corrected chi connectivity index (χ1v) is 13.8. The van der Waals surface area contributed by atoms with Gasteiger partial charge in [-0.1, -0.05) is 54.1 Å². The Kier molecular flexibility index (Phi) is 9.60. The molecule has 0 radical (unpaired) electrons. The Morgan fingerprint density at radius 2 is 1.39 bits per heavy atom. The van der Waals surface area contributed by atoms with Gasteiger partial charge < -0.3 is 30.4 Å². The highest BCUT2D eigenvalue weighted by molar-refractivity contribution is 5.95. The number of pyridine rings is 1. The fourth-order valence-corrected chi connectivity index (χ4v) is 5.57. The molecule has 0 saturated heterocycles. The van der Waals surface area contributed by atoms with E-state index in [4.69, 9.17) is 15.2 Å². The minimum absolute atomic E-state index is 0.0253. The van der Waals surface area contributed by atoms with E-state index in [1.165, 1.54) is 59.7 Å². The number of nitrogens with one attached hydrogen (secondary N) is 1. The number of carbonyl (C=O) groups excluding carboxylic acids is 2. The summed E-state index contributed by atoms with van der Waals surface area (Å²) in [7, 11) is 0. The van der Waals surface area contributed by atoms with E-state index in [1.54, 1.807) is 18.2 Å². The van der Waals surface area contributed by atoms with Crippen molar-refractivity contribution in [2.24, 2.45) is 11.7 Å². The molecule has 0 spiro atoms. The van der Waals surface area contributed by atoms with Crippen molar-refractivity contribution in [3.63, 3.8) is 0 Å². The maximum Gasteiger partial charge on any atom is 0.349 e. The topological polar surface area (TPSA) is 186 Å². The van der Waals surface area contributed by atoms with Gasteiger partial charge in [0.1, 0.15) is 0 Å². The molecule has 0 saturated carbocycles. The molecule has 1 aromatic heterocycles. The van der Waals surface area contributed by atoms with Crippen molar-refractivity contribution in [3.05, 3.63) is 129 Å². The van der Waals surface area contributed by atoms with E-state index in [-0.39, 0.29) is 16.7 Å². The lowest BCUT2D eigenvalue weighted by molar-refractivity contribution is -0.166. The van der Waals surface area contributed by atoms with Gasteiger partial charge in [-0.3, -0.25) is 4.79 Å². The summed E-state index contributed by atoms with van der Waals surface area (Å²) < 4.78 is 9.52. The fraction of sp³-hybridized carbons (Fsp3) is 0.242. The number of fused-ring (bicyclic) bond motifs is 4. The normalized spacial score (nSPS) is 20.5. The van der Waals surface area contributed by atoms with Crippen LogP contribution < -0.4 is 11.3 Å². The number of aliphatic carboxylic acids is 2. The van der Waals surface area contributed by atoms with Crippen molar-refractivity contribution in [2.45, 2.75) is 44.4 Å².